The molecule has 0 atom stereocenters. The molecule has 0 saturated heterocycles. The van der Waals surface area contributed by atoms with Crippen LogP contribution in [0.25, 0.3) is 0 Å². The van der Waals surface area contributed by atoms with Gasteiger partial charge in [-0.25, -0.2) is 13.1 Å². The Morgan fingerprint density at radius 2 is 2.14 bits per heavy atom. The van der Waals surface area contributed by atoms with Gasteiger partial charge in [0.15, 0.2) is 0 Å². The predicted molar refractivity (Wildman–Crippen MR) is 79.8 cm³/mol. The Bertz CT molecular complexity index is 758. The molecule has 1 aromatic carbocycles. The molecule has 2 aromatic rings. The summed E-state index contributed by atoms with van der Waals surface area (Å²) >= 11 is 3.30. The van der Waals surface area contributed by atoms with E-state index in [1.807, 2.05) is 0 Å². The molecule has 0 unspecified atom stereocenters. The van der Waals surface area contributed by atoms with Gasteiger partial charge in [0, 0.05) is 11.5 Å². The van der Waals surface area contributed by atoms with Crippen molar-refractivity contribution in [3.05, 3.63) is 39.9 Å². The summed E-state index contributed by atoms with van der Waals surface area (Å²) in [7, 11) is -1.98. The van der Waals surface area contributed by atoms with Crippen molar-refractivity contribution >= 4 is 26.0 Å². The largest absolute Gasteiger partial charge is 0.392 e. The zero-order chi connectivity index (χ0) is 15.6. The molecule has 1 heterocycles. The SMILES string of the molecule is Cc1c(Br)cc(CO)cc1S(=O)(=O)NCc1nncn1C. The van der Waals surface area contributed by atoms with Crippen LogP contribution >= 0.6 is 15.9 Å². The highest BCUT2D eigenvalue weighted by Crippen LogP contribution is 2.25. The first kappa shape index (κ1) is 16.1. The van der Waals surface area contributed by atoms with Crippen LogP contribution < -0.4 is 4.72 Å². The number of benzene rings is 1. The van der Waals surface area contributed by atoms with Crippen molar-refractivity contribution in [2.75, 3.05) is 0 Å². The standard InChI is InChI=1S/C12H15BrN4O3S/c1-8-10(13)3-9(6-18)4-11(8)21(19,20)15-5-12-16-14-7-17(12)2/h3-4,7,15,18H,5-6H2,1-2H3. The van der Waals surface area contributed by atoms with Crippen molar-refractivity contribution in [1.29, 1.82) is 0 Å². The number of aliphatic hydroxyl groups is 1. The minimum absolute atomic E-state index is 0.0409. The van der Waals surface area contributed by atoms with E-state index < -0.39 is 10.0 Å². The highest BCUT2D eigenvalue weighted by molar-refractivity contribution is 9.10. The van der Waals surface area contributed by atoms with E-state index in [2.05, 4.69) is 30.8 Å². The van der Waals surface area contributed by atoms with E-state index in [1.165, 1.54) is 12.4 Å². The van der Waals surface area contributed by atoms with E-state index >= 15 is 0 Å². The molecule has 0 spiro atoms. The lowest BCUT2D eigenvalue weighted by atomic mass is 10.2. The maximum absolute atomic E-state index is 12.4. The van der Waals surface area contributed by atoms with E-state index in [-0.39, 0.29) is 18.0 Å². The number of halogens is 1. The number of nitrogens with one attached hydrogen (secondary N) is 1. The van der Waals surface area contributed by atoms with Crippen LogP contribution in [0.15, 0.2) is 27.8 Å². The molecule has 7 nitrogen and oxygen atoms in total. The second kappa shape index (κ2) is 6.22. The number of aryl methyl sites for hydroxylation is 1. The summed E-state index contributed by atoms with van der Waals surface area (Å²) in [6.07, 6.45) is 1.50. The average Bonchev–Trinajstić information content (AvgIpc) is 2.84. The van der Waals surface area contributed by atoms with Crippen molar-refractivity contribution in [1.82, 2.24) is 19.5 Å². The molecule has 9 heteroatoms. The number of hydrogen-bond acceptors (Lipinski definition) is 5. The van der Waals surface area contributed by atoms with Crippen LogP contribution in [0.3, 0.4) is 0 Å². The van der Waals surface area contributed by atoms with Gasteiger partial charge in [-0.2, -0.15) is 0 Å². The first-order valence-electron chi connectivity index (χ1n) is 6.07. The van der Waals surface area contributed by atoms with Crippen LogP contribution in [0, 0.1) is 6.92 Å². The zero-order valence-corrected chi connectivity index (χ0v) is 13.9. The molecule has 2 rings (SSSR count). The topological polar surface area (TPSA) is 97.1 Å². The third kappa shape index (κ3) is 3.49. The van der Waals surface area contributed by atoms with Crippen LogP contribution in [-0.4, -0.2) is 28.3 Å². The lowest BCUT2D eigenvalue weighted by Crippen LogP contribution is -2.25. The van der Waals surface area contributed by atoms with Gasteiger partial charge in [-0.3, -0.25) is 0 Å². The Morgan fingerprint density at radius 1 is 1.43 bits per heavy atom. The van der Waals surface area contributed by atoms with Gasteiger partial charge in [-0.15, -0.1) is 10.2 Å². The summed E-state index contributed by atoms with van der Waals surface area (Å²) in [4.78, 5) is 0.128. The summed E-state index contributed by atoms with van der Waals surface area (Å²) in [5.41, 5.74) is 1.10. The van der Waals surface area contributed by atoms with Crippen LogP contribution in [0.4, 0.5) is 0 Å². The highest BCUT2D eigenvalue weighted by atomic mass is 79.9. The van der Waals surface area contributed by atoms with Crippen molar-refractivity contribution in [3.8, 4) is 0 Å². The second-order valence-electron chi connectivity index (χ2n) is 4.54. The predicted octanol–water partition coefficient (Wildman–Crippen LogP) is 0.857. The van der Waals surface area contributed by atoms with Gasteiger partial charge in [0.25, 0.3) is 0 Å². The fraction of sp³-hybridized carbons (Fsp3) is 0.333. The molecule has 0 amide bonds. The van der Waals surface area contributed by atoms with Gasteiger partial charge < -0.3 is 9.67 Å². The molecule has 0 saturated carbocycles. The van der Waals surface area contributed by atoms with Gasteiger partial charge in [0.1, 0.15) is 12.2 Å². The molecule has 0 radical (unpaired) electrons. The Labute approximate surface area is 131 Å². The first-order valence-corrected chi connectivity index (χ1v) is 8.35. The number of aliphatic hydroxyl groups excluding tert-OH is 1. The molecule has 0 aliphatic rings. The van der Waals surface area contributed by atoms with Crippen molar-refractivity contribution in [3.63, 3.8) is 0 Å². The average molecular weight is 375 g/mol. The number of sulfonamides is 1. The van der Waals surface area contributed by atoms with E-state index in [4.69, 9.17) is 0 Å². The lowest BCUT2D eigenvalue weighted by molar-refractivity contribution is 0.281. The van der Waals surface area contributed by atoms with Crippen LogP contribution in [0.5, 0.6) is 0 Å². The summed E-state index contributed by atoms with van der Waals surface area (Å²) < 4.78 is 29.6. The molecule has 0 aliphatic heterocycles. The highest BCUT2D eigenvalue weighted by Gasteiger charge is 2.20. The number of hydrogen-bond donors (Lipinski definition) is 2. The fourth-order valence-electron chi connectivity index (χ4n) is 1.78. The quantitative estimate of drug-likeness (QED) is 0.808. The maximum Gasteiger partial charge on any atom is 0.241 e. The molecule has 21 heavy (non-hydrogen) atoms. The molecule has 0 aliphatic carbocycles. The van der Waals surface area contributed by atoms with Crippen LogP contribution in [0.1, 0.15) is 17.0 Å². The van der Waals surface area contributed by atoms with Crippen LogP contribution in [-0.2, 0) is 30.2 Å². The second-order valence-corrected chi connectivity index (χ2v) is 7.13. The van der Waals surface area contributed by atoms with Crippen molar-refractivity contribution in [2.24, 2.45) is 7.05 Å². The zero-order valence-electron chi connectivity index (χ0n) is 11.5. The van der Waals surface area contributed by atoms with Crippen molar-refractivity contribution < 1.29 is 13.5 Å². The van der Waals surface area contributed by atoms with E-state index in [0.717, 1.165) is 0 Å². The molecule has 2 N–H and O–H groups in total. The van der Waals surface area contributed by atoms with E-state index in [9.17, 15) is 13.5 Å². The fourth-order valence-corrected chi connectivity index (χ4v) is 3.71. The molecular formula is C12H15BrN4O3S. The Balaban J connectivity index is 2.31. The van der Waals surface area contributed by atoms with E-state index in [1.54, 1.807) is 24.6 Å². The Kier molecular flexibility index (Phi) is 4.77. The number of rotatable bonds is 5. The number of nitrogens with zero attached hydrogens (tertiary/aromatic N) is 3. The van der Waals surface area contributed by atoms with E-state index in [0.29, 0.717) is 21.4 Å². The molecule has 1 aromatic heterocycles. The summed E-state index contributed by atoms with van der Waals surface area (Å²) in [5, 5.41) is 16.7. The first-order chi connectivity index (χ1) is 9.85. The molecule has 114 valence electrons. The lowest BCUT2D eigenvalue weighted by Gasteiger charge is -2.12. The third-order valence-electron chi connectivity index (χ3n) is 3.05. The Hall–Kier alpha value is -1.29. The van der Waals surface area contributed by atoms with Crippen molar-refractivity contribution in [2.45, 2.75) is 25.0 Å². The summed E-state index contributed by atoms with van der Waals surface area (Å²) in [6, 6.07) is 3.15. The monoisotopic (exact) mass is 374 g/mol. The molecule has 0 bridgehead atoms. The summed E-state index contributed by atoms with van der Waals surface area (Å²) in [6.45, 7) is 1.51. The summed E-state index contributed by atoms with van der Waals surface area (Å²) in [5.74, 6) is 0.508. The maximum atomic E-state index is 12.4. The minimum Gasteiger partial charge on any atom is -0.392 e. The minimum atomic E-state index is -3.71. The van der Waals surface area contributed by atoms with Gasteiger partial charge in [-0.05, 0) is 30.2 Å². The number of aromatic nitrogens is 3. The van der Waals surface area contributed by atoms with Crippen LogP contribution in [0.2, 0.25) is 0 Å². The van der Waals surface area contributed by atoms with Gasteiger partial charge in [0.2, 0.25) is 10.0 Å². The third-order valence-corrected chi connectivity index (χ3v) is 5.41. The normalized spacial score (nSPS) is 11.8. The molecular weight excluding hydrogens is 360 g/mol. The smallest absolute Gasteiger partial charge is 0.241 e. The Morgan fingerprint density at radius 3 is 2.71 bits per heavy atom. The van der Waals surface area contributed by atoms with Gasteiger partial charge >= 0.3 is 0 Å². The van der Waals surface area contributed by atoms with Gasteiger partial charge in [-0.1, -0.05) is 15.9 Å². The van der Waals surface area contributed by atoms with Gasteiger partial charge in [0.05, 0.1) is 18.0 Å². The molecule has 0 fully saturated rings.